The van der Waals surface area contributed by atoms with Crippen molar-refractivity contribution in [2.75, 3.05) is 5.75 Å². The van der Waals surface area contributed by atoms with Crippen LogP contribution in [-0.4, -0.2) is 31.2 Å². The van der Waals surface area contributed by atoms with Crippen LogP contribution in [0.15, 0.2) is 66.2 Å². The van der Waals surface area contributed by atoms with Gasteiger partial charge in [-0.15, -0.1) is 0 Å². The summed E-state index contributed by atoms with van der Waals surface area (Å²) in [5, 5.41) is 4.86. The summed E-state index contributed by atoms with van der Waals surface area (Å²) in [5.74, 6) is 0.930. The fourth-order valence-electron chi connectivity index (χ4n) is 3.34. The van der Waals surface area contributed by atoms with Crippen molar-refractivity contribution in [3.8, 4) is 11.3 Å². The molecule has 0 spiro atoms. The van der Waals surface area contributed by atoms with Crippen LogP contribution in [0.5, 0.6) is 0 Å². The van der Waals surface area contributed by atoms with Crippen LogP contribution in [0.1, 0.15) is 16.1 Å². The van der Waals surface area contributed by atoms with Crippen LogP contribution in [0.3, 0.4) is 0 Å². The minimum absolute atomic E-state index is 0.135. The van der Waals surface area contributed by atoms with Crippen LogP contribution in [0, 0.1) is 0 Å². The Morgan fingerprint density at radius 2 is 2.11 bits per heavy atom. The van der Waals surface area contributed by atoms with Gasteiger partial charge in [-0.05, 0) is 24.3 Å². The van der Waals surface area contributed by atoms with Gasteiger partial charge in [0.25, 0.3) is 5.91 Å². The zero-order valence-electron chi connectivity index (χ0n) is 15.0. The first kappa shape index (κ1) is 16.9. The predicted molar refractivity (Wildman–Crippen MR) is 109 cm³/mol. The zero-order valence-corrected chi connectivity index (χ0v) is 15.8. The number of aromatic nitrogens is 4. The predicted octanol–water partition coefficient (Wildman–Crippen LogP) is 3.53. The summed E-state index contributed by atoms with van der Waals surface area (Å²) in [6.07, 6.45) is 5.49. The number of nitrogens with zero attached hydrogens (tertiary/aromatic N) is 4. The second-order valence-electron chi connectivity index (χ2n) is 6.55. The Balaban J connectivity index is 1.47. The molecule has 1 N–H and O–H groups in total. The molecule has 0 bridgehead atoms. The lowest BCUT2D eigenvalue weighted by atomic mass is 10.0. The normalized spacial score (nSPS) is 12.9. The Bertz CT molecular complexity index is 1150. The SMILES string of the molecule is O=C(NCc1cn2c(n1)SCC2)c1cc(-c2cccnc2)nc2ccccc12. The van der Waals surface area contributed by atoms with Gasteiger partial charge in [-0.25, -0.2) is 9.97 Å². The number of imidazole rings is 1. The third-order valence-corrected chi connectivity index (χ3v) is 5.67. The summed E-state index contributed by atoms with van der Waals surface area (Å²) >= 11 is 1.75. The highest BCUT2D eigenvalue weighted by Gasteiger charge is 2.17. The maximum Gasteiger partial charge on any atom is 0.252 e. The number of aryl methyl sites for hydroxylation is 1. The van der Waals surface area contributed by atoms with Gasteiger partial charge in [0, 0.05) is 41.8 Å². The van der Waals surface area contributed by atoms with Crippen molar-refractivity contribution >= 4 is 28.6 Å². The highest BCUT2D eigenvalue weighted by atomic mass is 32.2. The minimum atomic E-state index is -0.135. The number of fused-ring (bicyclic) bond motifs is 2. The van der Waals surface area contributed by atoms with Crippen LogP contribution >= 0.6 is 11.8 Å². The smallest absolute Gasteiger partial charge is 0.252 e. The van der Waals surface area contributed by atoms with Crippen molar-refractivity contribution in [2.24, 2.45) is 0 Å². The van der Waals surface area contributed by atoms with Crippen molar-refractivity contribution in [3.05, 3.63) is 72.3 Å². The average molecular weight is 387 g/mol. The van der Waals surface area contributed by atoms with E-state index in [1.807, 2.05) is 48.7 Å². The van der Waals surface area contributed by atoms with Crippen LogP contribution in [0.2, 0.25) is 0 Å². The maximum absolute atomic E-state index is 13.0. The Hall–Kier alpha value is -3.19. The topological polar surface area (TPSA) is 72.7 Å². The number of nitrogens with one attached hydrogen (secondary N) is 1. The van der Waals surface area contributed by atoms with E-state index in [9.17, 15) is 4.79 Å². The Morgan fingerprint density at radius 3 is 2.96 bits per heavy atom. The first-order valence-electron chi connectivity index (χ1n) is 9.05. The van der Waals surface area contributed by atoms with E-state index in [0.717, 1.165) is 45.3 Å². The lowest BCUT2D eigenvalue weighted by molar-refractivity contribution is 0.0952. The molecule has 0 atom stereocenters. The number of para-hydroxylation sites is 1. The van der Waals surface area contributed by atoms with Gasteiger partial charge in [-0.1, -0.05) is 30.0 Å². The lowest BCUT2D eigenvalue weighted by Gasteiger charge is -2.10. The van der Waals surface area contributed by atoms with Crippen LogP contribution in [0.4, 0.5) is 0 Å². The summed E-state index contributed by atoms with van der Waals surface area (Å²) in [4.78, 5) is 26.4. The number of thioether (sulfide) groups is 1. The number of hydrogen-bond donors (Lipinski definition) is 1. The molecule has 4 aromatic rings. The number of amides is 1. The molecule has 138 valence electrons. The quantitative estimate of drug-likeness (QED) is 0.580. The molecule has 0 saturated heterocycles. The molecule has 0 fully saturated rings. The largest absolute Gasteiger partial charge is 0.346 e. The van der Waals surface area contributed by atoms with E-state index < -0.39 is 0 Å². The molecular formula is C21H17N5OS. The Kier molecular flexibility index (Phi) is 4.29. The van der Waals surface area contributed by atoms with E-state index in [1.165, 1.54) is 0 Å². The van der Waals surface area contributed by atoms with E-state index >= 15 is 0 Å². The van der Waals surface area contributed by atoms with Gasteiger partial charge in [0.05, 0.1) is 29.0 Å². The summed E-state index contributed by atoms with van der Waals surface area (Å²) < 4.78 is 2.13. The number of rotatable bonds is 4. The molecule has 28 heavy (non-hydrogen) atoms. The standard InChI is InChI=1S/C21H17N5OS/c27-20(23-12-15-13-26-8-9-28-21(26)24-15)17-10-19(14-4-3-7-22-11-14)25-18-6-2-1-5-16(17)18/h1-7,10-11,13H,8-9,12H2,(H,23,27). The third kappa shape index (κ3) is 3.14. The molecule has 6 nitrogen and oxygen atoms in total. The molecule has 1 aliphatic rings. The Labute approximate surface area is 166 Å². The van der Waals surface area contributed by atoms with Crippen molar-refractivity contribution in [2.45, 2.75) is 18.2 Å². The fraction of sp³-hybridized carbons (Fsp3) is 0.143. The molecule has 0 saturated carbocycles. The molecule has 3 aromatic heterocycles. The lowest BCUT2D eigenvalue weighted by Crippen LogP contribution is -2.23. The van der Waals surface area contributed by atoms with Gasteiger partial charge in [0.2, 0.25) is 0 Å². The monoisotopic (exact) mass is 387 g/mol. The molecule has 0 aliphatic carbocycles. The molecular weight excluding hydrogens is 370 g/mol. The van der Waals surface area contributed by atoms with Crippen LogP contribution in [0.25, 0.3) is 22.2 Å². The van der Waals surface area contributed by atoms with Crippen LogP contribution < -0.4 is 5.32 Å². The second kappa shape index (κ2) is 7.09. The van der Waals surface area contributed by atoms with Crippen LogP contribution in [-0.2, 0) is 13.1 Å². The summed E-state index contributed by atoms with van der Waals surface area (Å²) in [6.45, 7) is 1.38. The number of hydrogen-bond acceptors (Lipinski definition) is 5. The number of carbonyl (C=O) groups is 1. The third-order valence-electron chi connectivity index (χ3n) is 4.70. The average Bonchev–Trinajstić information content (AvgIpc) is 3.34. The molecule has 5 rings (SSSR count). The molecule has 4 heterocycles. The summed E-state index contributed by atoms with van der Waals surface area (Å²) in [5.41, 5.74) is 3.87. The first-order chi connectivity index (χ1) is 13.8. The Morgan fingerprint density at radius 1 is 1.18 bits per heavy atom. The maximum atomic E-state index is 13.0. The van der Waals surface area contributed by atoms with E-state index in [0.29, 0.717) is 12.1 Å². The molecule has 1 aromatic carbocycles. The zero-order chi connectivity index (χ0) is 18.9. The van der Waals surface area contributed by atoms with Gasteiger partial charge in [0.15, 0.2) is 5.16 Å². The fourth-order valence-corrected chi connectivity index (χ4v) is 4.30. The van der Waals surface area contributed by atoms with Gasteiger partial charge < -0.3 is 9.88 Å². The minimum Gasteiger partial charge on any atom is -0.346 e. The van der Waals surface area contributed by atoms with Gasteiger partial charge >= 0.3 is 0 Å². The van der Waals surface area contributed by atoms with Gasteiger partial charge in [-0.2, -0.15) is 0 Å². The molecule has 7 heteroatoms. The van der Waals surface area contributed by atoms with E-state index in [2.05, 4.69) is 19.9 Å². The first-order valence-corrected chi connectivity index (χ1v) is 10.0. The highest BCUT2D eigenvalue weighted by molar-refractivity contribution is 7.99. The van der Waals surface area contributed by atoms with Gasteiger partial charge in [-0.3, -0.25) is 9.78 Å². The number of pyridine rings is 2. The van der Waals surface area contributed by atoms with Crippen molar-refractivity contribution in [3.63, 3.8) is 0 Å². The molecule has 0 radical (unpaired) electrons. The molecule has 1 amide bonds. The number of benzene rings is 1. The second-order valence-corrected chi connectivity index (χ2v) is 7.62. The summed E-state index contributed by atoms with van der Waals surface area (Å²) in [7, 11) is 0. The summed E-state index contributed by atoms with van der Waals surface area (Å²) in [6, 6.07) is 13.3. The van der Waals surface area contributed by atoms with Crippen molar-refractivity contribution in [1.82, 2.24) is 24.8 Å². The molecule has 0 unspecified atom stereocenters. The van der Waals surface area contributed by atoms with Crippen molar-refractivity contribution < 1.29 is 4.79 Å². The highest BCUT2D eigenvalue weighted by Crippen LogP contribution is 2.26. The van der Waals surface area contributed by atoms with Gasteiger partial charge in [0.1, 0.15) is 0 Å². The molecule has 1 aliphatic heterocycles. The van der Waals surface area contributed by atoms with E-state index in [4.69, 9.17) is 4.98 Å². The number of carbonyl (C=O) groups excluding carboxylic acids is 1. The van der Waals surface area contributed by atoms with E-state index in [1.54, 1.807) is 24.2 Å². The van der Waals surface area contributed by atoms with Crippen molar-refractivity contribution in [1.29, 1.82) is 0 Å². The van der Waals surface area contributed by atoms with E-state index in [-0.39, 0.29) is 5.91 Å².